The van der Waals surface area contributed by atoms with Crippen molar-refractivity contribution in [3.8, 4) is 55.6 Å². The van der Waals surface area contributed by atoms with Gasteiger partial charge in [-0.3, -0.25) is 0 Å². The van der Waals surface area contributed by atoms with E-state index in [1.54, 1.807) is 0 Å². The molecule has 12 aromatic rings. The first-order valence-electron chi connectivity index (χ1n) is 26.1. The van der Waals surface area contributed by atoms with Gasteiger partial charge in [0.15, 0.2) is 0 Å². The van der Waals surface area contributed by atoms with E-state index in [0.29, 0.717) is 0 Å². The molecule has 1 heteroatoms. The molecular formula is C74H51N. The van der Waals surface area contributed by atoms with Crippen LogP contribution < -0.4 is 4.90 Å². The molecule has 0 spiro atoms. The van der Waals surface area contributed by atoms with Crippen molar-refractivity contribution in [3.63, 3.8) is 0 Å². The zero-order valence-corrected chi connectivity index (χ0v) is 41.4. The SMILES string of the molecule is c1ccc(-c2cc(-c3ccccc3)cc(-c3ccc(N(c4ccc(C5(c6ccccc6)c6ccccc6-c6ccccc65)cc4)c4ccc5c(c4)C(c4ccccc4)(c4ccccc4)c4ccccc4-5)cc3)c2)cc1. The highest BCUT2D eigenvalue weighted by Crippen LogP contribution is 2.59. The van der Waals surface area contributed by atoms with Crippen molar-refractivity contribution in [2.75, 3.05) is 4.90 Å². The van der Waals surface area contributed by atoms with E-state index in [1.807, 2.05) is 0 Å². The van der Waals surface area contributed by atoms with Crippen LogP contribution in [0.3, 0.4) is 0 Å². The minimum Gasteiger partial charge on any atom is -0.310 e. The van der Waals surface area contributed by atoms with Gasteiger partial charge in [0, 0.05) is 17.1 Å². The fourth-order valence-corrected chi connectivity index (χ4v) is 12.8. The Balaban J connectivity index is 0.965. The smallest absolute Gasteiger partial charge is 0.0714 e. The second-order valence-corrected chi connectivity index (χ2v) is 19.9. The Kier molecular flexibility index (Phi) is 10.7. The molecule has 0 saturated heterocycles. The molecule has 0 radical (unpaired) electrons. The van der Waals surface area contributed by atoms with Crippen molar-refractivity contribution in [1.82, 2.24) is 0 Å². The van der Waals surface area contributed by atoms with E-state index in [1.165, 1.54) is 94.6 Å². The number of benzene rings is 12. The molecule has 0 aromatic heterocycles. The lowest BCUT2D eigenvalue weighted by Gasteiger charge is -2.35. The Morgan fingerprint density at radius 1 is 0.187 bits per heavy atom. The van der Waals surface area contributed by atoms with Crippen molar-refractivity contribution in [2.45, 2.75) is 10.8 Å². The first kappa shape index (κ1) is 44.2. The molecule has 12 aromatic carbocycles. The van der Waals surface area contributed by atoms with E-state index in [4.69, 9.17) is 0 Å². The molecule has 0 atom stereocenters. The molecule has 0 heterocycles. The lowest BCUT2D eigenvalue weighted by Crippen LogP contribution is -2.29. The zero-order chi connectivity index (χ0) is 49.8. The maximum atomic E-state index is 2.47. The Morgan fingerprint density at radius 3 is 0.893 bits per heavy atom. The van der Waals surface area contributed by atoms with Gasteiger partial charge in [0.2, 0.25) is 0 Å². The summed E-state index contributed by atoms with van der Waals surface area (Å²) in [5, 5.41) is 0. The minimum atomic E-state index is -0.546. The summed E-state index contributed by atoms with van der Waals surface area (Å²) in [6, 6.07) is 115. The highest BCUT2D eigenvalue weighted by molar-refractivity contribution is 5.91. The monoisotopic (exact) mass is 953 g/mol. The Morgan fingerprint density at radius 2 is 0.480 bits per heavy atom. The summed E-state index contributed by atoms with van der Waals surface area (Å²) in [5.41, 5.74) is 24.5. The molecular weight excluding hydrogens is 903 g/mol. The normalized spacial score (nSPS) is 13.3. The van der Waals surface area contributed by atoms with E-state index < -0.39 is 10.8 Å². The summed E-state index contributed by atoms with van der Waals surface area (Å²) in [6.07, 6.45) is 0. The maximum Gasteiger partial charge on any atom is 0.0714 e. The first-order chi connectivity index (χ1) is 37.2. The summed E-state index contributed by atoms with van der Waals surface area (Å²) in [4.78, 5) is 2.46. The Hall–Kier alpha value is -9.56. The fourth-order valence-electron chi connectivity index (χ4n) is 12.8. The lowest BCUT2D eigenvalue weighted by molar-refractivity contribution is 0.768. The van der Waals surface area contributed by atoms with Gasteiger partial charge in [-0.25, -0.2) is 0 Å². The average molecular weight is 954 g/mol. The van der Waals surface area contributed by atoms with Crippen LogP contribution in [0.2, 0.25) is 0 Å². The first-order valence-corrected chi connectivity index (χ1v) is 26.1. The van der Waals surface area contributed by atoms with Crippen LogP contribution in [-0.4, -0.2) is 0 Å². The molecule has 14 rings (SSSR count). The van der Waals surface area contributed by atoms with Gasteiger partial charge in [-0.2, -0.15) is 0 Å². The molecule has 75 heavy (non-hydrogen) atoms. The highest BCUT2D eigenvalue weighted by atomic mass is 15.1. The Bertz CT molecular complexity index is 3870. The lowest BCUT2D eigenvalue weighted by atomic mass is 9.67. The second kappa shape index (κ2) is 18.2. The fraction of sp³-hybridized carbons (Fsp3) is 0.0270. The minimum absolute atomic E-state index is 0.503. The van der Waals surface area contributed by atoms with Gasteiger partial charge in [0.1, 0.15) is 0 Å². The van der Waals surface area contributed by atoms with E-state index in [9.17, 15) is 0 Å². The topological polar surface area (TPSA) is 3.24 Å². The van der Waals surface area contributed by atoms with Crippen molar-refractivity contribution in [2.24, 2.45) is 0 Å². The van der Waals surface area contributed by atoms with Crippen molar-refractivity contribution in [3.05, 3.63) is 354 Å². The van der Waals surface area contributed by atoms with Gasteiger partial charge >= 0.3 is 0 Å². The molecule has 0 N–H and O–H groups in total. The third-order valence-electron chi connectivity index (χ3n) is 16.0. The van der Waals surface area contributed by atoms with Crippen LogP contribution in [0.5, 0.6) is 0 Å². The standard InChI is InChI=1S/C74H51N/c1-6-22-52(23-7-1)55-48-56(53-24-8-2-9-25-53)50-57(49-55)54-38-42-62(43-39-54)75(63-44-40-61(41-45-63)73(58-26-10-3-11-27-58)69-35-19-16-32-65(69)66-33-17-20-36-70(66)73)64-46-47-68-67-34-18-21-37-71(67)74(72(68)51-64,59-28-12-4-13-29-59)60-30-14-5-15-31-60/h1-51H. The van der Waals surface area contributed by atoms with Crippen molar-refractivity contribution >= 4 is 17.1 Å². The highest BCUT2D eigenvalue weighted by Gasteiger charge is 2.47. The van der Waals surface area contributed by atoms with Gasteiger partial charge in [0.05, 0.1) is 10.8 Å². The second-order valence-electron chi connectivity index (χ2n) is 19.9. The van der Waals surface area contributed by atoms with Crippen LogP contribution in [0.4, 0.5) is 17.1 Å². The van der Waals surface area contributed by atoms with Crippen molar-refractivity contribution in [1.29, 1.82) is 0 Å². The molecule has 2 aliphatic carbocycles. The number of fused-ring (bicyclic) bond motifs is 6. The summed E-state index contributed by atoms with van der Waals surface area (Å²) in [6.45, 7) is 0. The molecule has 0 fully saturated rings. The van der Waals surface area contributed by atoms with Gasteiger partial charge in [-0.05, 0) is 155 Å². The third-order valence-corrected chi connectivity index (χ3v) is 16.0. The van der Waals surface area contributed by atoms with Gasteiger partial charge < -0.3 is 4.90 Å². The van der Waals surface area contributed by atoms with E-state index in [0.717, 1.165) is 22.6 Å². The van der Waals surface area contributed by atoms with Gasteiger partial charge in [-0.1, -0.05) is 255 Å². The summed E-state index contributed by atoms with van der Waals surface area (Å²) in [7, 11) is 0. The maximum absolute atomic E-state index is 2.47. The molecule has 2 aliphatic rings. The van der Waals surface area contributed by atoms with Crippen LogP contribution in [0, 0.1) is 0 Å². The molecule has 1 nitrogen and oxygen atoms in total. The molecule has 0 unspecified atom stereocenters. The number of hydrogen-bond donors (Lipinski definition) is 0. The van der Waals surface area contributed by atoms with E-state index in [2.05, 4.69) is 314 Å². The van der Waals surface area contributed by atoms with Crippen LogP contribution in [-0.2, 0) is 10.8 Å². The van der Waals surface area contributed by atoms with Crippen molar-refractivity contribution < 1.29 is 0 Å². The van der Waals surface area contributed by atoms with Crippen LogP contribution in [0.1, 0.15) is 44.5 Å². The predicted octanol–water partition coefficient (Wildman–Crippen LogP) is 18.9. The predicted molar refractivity (Wildman–Crippen MR) is 312 cm³/mol. The van der Waals surface area contributed by atoms with E-state index in [-0.39, 0.29) is 0 Å². The molecule has 0 aliphatic heterocycles. The number of nitrogens with zero attached hydrogens (tertiary/aromatic N) is 1. The third kappa shape index (κ3) is 7.08. The number of rotatable bonds is 10. The largest absolute Gasteiger partial charge is 0.310 e. The molecule has 0 saturated carbocycles. The summed E-state index contributed by atoms with van der Waals surface area (Å²) in [5.74, 6) is 0. The van der Waals surface area contributed by atoms with Gasteiger partial charge in [-0.15, -0.1) is 0 Å². The summed E-state index contributed by atoms with van der Waals surface area (Å²) < 4.78 is 0. The quantitative estimate of drug-likeness (QED) is 0.132. The van der Waals surface area contributed by atoms with Gasteiger partial charge in [0.25, 0.3) is 0 Å². The molecule has 352 valence electrons. The summed E-state index contributed by atoms with van der Waals surface area (Å²) >= 11 is 0. The van der Waals surface area contributed by atoms with Crippen LogP contribution >= 0.6 is 0 Å². The Labute approximate surface area is 440 Å². The molecule has 0 amide bonds. The number of hydrogen-bond acceptors (Lipinski definition) is 1. The molecule has 0 bridgehead atoms. The zero-order valence-electron chi connectivity index (χ0n) is 41.4. The van der Waals surface area contributed by atoms with Crippen LogP contribution in [0.15, 0.2) is 309 Å². The number of anilines is 3. The average Bonchev–Trinajstić information content (AvgIpc) is 4.04. The van der Waals surface area contributed by atoms with E-state index >= 15 is 0 Å². The van der Waals surface area contributed by atoms with Crippen LogP contribution in [0.25, 0.3) is 55.6 Å².